The number of hydrogen-bond acceptors (Lipinski definition) is 6. The number of halogens is 3. The summed E-state index contributed by atoms with van der Waals surface area (Å²) in [6.45, 7) is -1.30. The molecule has 33 heavy (non-hydrogen) atoms. The number of aromatic nitrogens is 2. The average Bonchev–Trinajstić information content (AvgIpc) is 3.10. The van der Waals surface area contributed by atoms with E-state index in [1.54, 1.807) is 0 Å². The summed E-state index contributed by atoms with van der Waals surface area (Å²) in [4.78, 5) is 11.7. The van der Waals surface area contributed by atoms with Gasteiger partial charge in [0.1, 0.15) is 12.3 Å². The van der Waals surface area contributed by atoms with Gasteiger partial charge in [-0.1, -0.05) is 11.8 Å². The molecule has 0 amide bonds. The van der Waals surface area contributed by atoms with Gasteiger partial charge < -0.3 is 15.2 Å². The Hall–Kier alpha value is -3.72. The third-order valence-corrected chi connectivity index (χ3v) is 5.63. The fourth-order valence-corrected chi connectivity index (χ4v) is 3.69. The predicted octanol–water partition coefficient (Wildman–Crippen LogP) is 3.17. The number of ether oxygens (including phenoxy) is 1. The molecule has 0 fully saturated rings. The Morgan fingerprint density at radius 1 is 1.27 bits per heavy atom. The van der Waals surface area contributed by atoms with E-state index in [4.69, 9.17) is 4.74 Å². The lowest BCUT2D eigenvalue weighted by atomic mass is 10.1. The van der Waals surface area contributed by atoms with Crippen molar-refractivity contribution >= 4 is 32.4 Å². The molecule has 2 aromatic carbocycles. The second kappa shape index (κ2) is 9.03. The van der Waals surface area contributed by atoms with Gasteiger partial charge in [0.05, 0.1) is 41.5 Å². The van der Waals surface area contributed by atoms with Crippen LogP contribution in [0.2, 0.25) is 0 Å². The number of sulfone groups is 1. The Morgan fingerprint density at radius 3 is 2.61 bits per heavy atom. The minimum atomic E-state index is -4.53. The van der Waals surface area contributed by atoms with E-state index < -0.39 is 28.5 Å². The minimum absolute atomic E-state index is 0.00233. The van der Waals surface area contributed by atoms with E-state index in [9.17, 15) is 31.5 Å². The monoisotopic (exact) mass is 481 g/mol. The zero-order valence-corrected chi connectivity index (χ0v) is 18.2. The number of methoxy groups -OCH3 is 1. The van der Waals surface area contributed by atoms with Crippen molar-refractivity contribution in [1.29, 1.82) is 0 Å². The molecule has 0 aliphatic carbocycles. The summed E-state index contributed by atoms with van der Waals surface area (Å²) in [5.41, 5.74) is 0.466. The van der Waals surface area contributed by atoms with Gasteiger partial charge in [-0.3, -0.25) is 4.68 Å². The molecule has 0 atom stereocenters. The molecule has 0 aliphatic heterocycles. The summed E-state index contributed by atoms with van der Waals surface area (Å²) in [6.07, 6.45) is -2.38. The molecule has 8 nitrogen and oxygen atoms in total. The molecule has 12 heteroatoms. The van der Waals surface area contributed by atoms with Gasteiger partial charge in [0.2, 0.25) is 0 Å². The van der Waals surface area contributed by atoms with E-state index >= 15 is 0 Å². The molecule has 0 saturated heterocycles. The molecule has 0 radical (unpaired) electrons. The number of alkyl halides is 3. The summed E-state index contributed by atoms with van der Waals surface area (Å²) >= 11 is 0. The number of anilines is 1. The summed E-state index contributed by atoms with van der Waals surface area (Å²) in [5, 5.41) is 16.1. The quantitative estimate of drug-likeness (QED) is 0.521. The number of benzene rings is 2. The van der Waals surface area contributed by atoms with Crippen LogP contribution in [0.5, 0.6) is 5.75 Å². The SMILES string of the molecule is COc1cc(S(C)(=O)=O)ccc1NCC#Cc1cc(C(=O)O)c2cnn(CC(F)(F)F)c2c1. The van der Waals surface area contributed by atoms with Crippen LogP contribution in [0.15, 0.2) is 41.4 Å². The van der Waals surface area contributed by atoms with E-state index in [1.165, 1.54) is 37.4 Å². The molecule has 3 rings (SSSR count). The first-order chi connectivity index (χ1) is 15.4. The molecular formula is C21H18F3N3O5S. The van der Waals surface area contributed by atoms with Crippen molar-refractivity contribution in [2.45, 2.75) is 17.6 Å². The highest BCUT2D eigenvalue weighted by atomic mass is 32.2. The maximum absolute atomic E-state index is 12.8. The van der Waals surface area contributed by atoms with E-state index in [2.05, 4.69) is 22.3 Å². The topological polar surface area (TPSA) is 111 Å². The first-order valence-electron chi connectivity index (χ1n) is 9.29. The molecule has 3 aromatic rings. The summed E-state index contributed by atoms with van der Waals surface area (Å²) < 4.78 is 67.6. The zero-order valence-electron chi connectivity index (χ0n) is 17.4. The van der Waals surface area contributed by atoms with Crippen LogP contribution >= 0.6 is 0 Å². The molecule has 0 saturated carbocycles. The minimum Gasteiger partial charge on any atom is -0.495 e. The fraction of sp³-hybridized carbons (Fsp3) is 0.238. The molecule has 0 spiro atoms. The number of carbonyl (C=O) groups is 1. The van der Waals surface area contributed by atoms with Crippen molar-refractivity contribution in [2.75, 3.05) is 25.2 Å². The molecule has 2 N–H and O–H groups in total. The highest BCUT2D eigenvalue weighted by Crippen LogP contribution is 2.28. The fourth-order valence-electron chi connectivity index (χ4n) is 3.06. The highest BCUT2D eigenvalue weighted by Gasteiger charge is 2.29. The van der Waals surface area contributed by atoms with Crippen LogP contribution in [0.3, 0.4) is 0 Å². The Morgan fingerprint density at radius 2 is 2.00 bits per heavy atom. The maximum Gasteiger partial charge on any atom is 0.408 e. The molecule has 0 aliphatic rings. The van der Waals surface area contributed by atoms with E-state index in [0.29, 0.717) is 10.4 Å². The largest absolute Gasteiger partial charge is 0.495 e. The van der Waals surface area contributed by atoms with Crippen molar-refractivity contribution in [3.63, 3.8) is 0 Å². The predicted molar refractivity (Wildman–Crippen MR) is 114 cm³/mol. The number of nitrogens with zero attached hydrogens (tertiary/aromatic N) is 2. The second-order valence-electron chi connectivity index (χ2n) is 6.97. The second-order valence-corrected chi connectivity index (χ2v) is 8.98. The maximum atomic E-state index is 12.8. The van der Waals surface area contributed by atoms with E-state index in [1.807, 2.05) is 0 Å². The summed E-state index contributed by atoms with van der Waals surface area (Å²) in [5.74, 6) is 4.44. The number of aromatic carboxylic acids is 1. The van der Waals surface area contributed by atoms with E-state index in [-0.39, 0.29) is 39.2 Å². The van der Waals surface area contributed by atoms with Gasteiger partial charge in [0, 0.05) is 23.3 Å². The molecule has 1 aromatic heterocycles. The third-order valence-electron chi connectivity index (χ3n) is 4.52. The average molecular weight is 481 g/mol. The molecular weight excluding hydrogens is 463 g/mol. The van der Waals surface area contributed by atoms with Crippen LogP contribution in [0.4, 0.5) is 18.9 Å². The number of hydrogen-bond donors (Lipinski definition) is 2. The number of carboxylic acid groups (broad SMARTS) is 1. The number of carboxylic acids is 1. The number of rotatable bonds is 6. The van der Waals surface area contributed by atoms with Gasteiger partial charge in [-0.2, -0.15) is 18.3 Å². The van der Waals surface area contributed by atoms with Gasteiger partial charge >= 0.3 is 12.1 Å². The number of nitrogens with one attached hydrogen (secondary N) is 1. The van der Waals surface area contributed by atoms with Crippen LogP contribution in [0.25, 0.3) is 10.9 Å². The Kier molecular flexibility index (Phi) is 6.55. The summed E-state index contributed by atoms with van der Waals surface area (Å²) in [6, 6.07) is 6.89. The van der Waals surface area contributed by atoms with Crippen LogP contribution in [-0.4, -0.2) is 55.4 Å². The highest BCUT2D eigenvalue weighted by molar-refractivity contribution is 7.90. The zero-order chi connectivity index (χ0) is 24.4. The lowest BCUT2D eigenvalue weighted by Crippen LogP contribution is -2.18. The molecule has 1 heterocycles. The molecule has 0 unspecified atom stereocenters. The van der Waals surface area contributed by atoms with Gasteiger partial charge in [-0.05, 0) is 24.3 Å². The normalized spacial score (nSPS) is 11.7. The molecule has 174 valence electrons. The molecule has 0 bridgehead atoms. The van der Waals surface area contributed by atoms with Crippen molar-refractivity contribution in [1.82, 2.24) is 9.78 Å². The standard InChI is InChI=1S/C21H18F3N3O5S/c1-32-19-10-14(33(2,30)31)5-6-17(19)25-7-3-4-13-8-15(20(28)29)16-11-26-27(18(16)9-13)12-21(22,23)24/h5-6,8-11,25H,7,12H2,1-2H3,(H,28,29). The van der Waals surface area contributed by atoms with Crippen LogP contribution in [-0.2, 0) is 16.4 Å². The van der Waals surface area contributed by atoms with E-state index in [0.717, 1.165) is 12.5 Å². The Bertz CT molecular complexity index is 1390. The van der Waals surface area contributed by atoms with Gasteiger partial charge in [0.15, 0.2) is 9.84 Å². The van der Waals surface area contributed by atoms with Gasteiger partial charge in [-0.15, -0.1) is 0 Å². The van der Waals surface area contributed by atoms with Crippen molar-refractivity contribution in [3.8, 4) is 17.6 Å². The van der Waals surface area contributed by atoms with Gasteiger partial charge in [-0.25, -0.2) is 13.2 Å². The van der Waals surface area contributed by atoms with Crippen molar-refractivity contribution in [2.24, 2.45) is 0 Å². The lowest BCUT2D eigenvalue weighted by molar-refractivity contribution is -0.141. The Labute approximate surface area is 186 Å². The lowest BCUT2D eigenvalue weighted by Gasteiger charge is -2.10. The van der Waals surface area contributed by atoms with Crippen molar-refractivity contribution in [3.05, 3.63) is 47.7 Å². The number of fused-ring (bicyclic) bond motifs is 1. The van der Waals surface area contributed by atoms with Crippen LogP contribution in [0.1, 0.15) is 15.9 Å². The van der Waals surface area contributed by atoms with Gasteiger partial charge in [0.25, 0.3) is 0 Å². The van der Waals surface area contributed by atoms with Crippen LogP contribution in [0, 0.1) is 11.8 Å². The Balaban J connectivity index is 1.87. The van der Waals surface area contributed by atoms with Crippen molar-refractivity contribution < 1.29 is 36.2 Å². The first-order valence-corrected chi connectivity index (χ1v) is 11.2. The summed E-state index contributed by atoms with van der Waals surface area (Å²) in [7, 11) is -2.03. The third kappa shape index (κ3) is 5.75. The smallest absolute Gasteiger partial charge is 0.408 e. The first kappa shape index (κ1) is 23.9. The van der Waals surface area contributed by atoms with Crippen LogP contribution < -0.4 is 10.1 Å².